The molecule has 1 aliphatic carbocycles. The first-order valence-corrected chi connectivity index (χ1v) is 11.6. The molecule has 4 nitrogen and oxygen atoms in total. The van der Waals surface area contributed by atoms with Gasteiger partial charge in [-0.25, -0.2) is 4.98 Å². The molecule has 0 fully saturated rings. The lowest BCUT2D eigenvalue weighted by Crippen LogP contribution is -2.13. The standard InChI is InChI=1S/C24H19N3OS2/c1-14-10-11-22(29-14)20-12-17(15-6-2-4-8-19(15)26-20)23(28)27-24-18(13-25)16-7-3-5-9-21(16)30-24/h2,4,6,8,10-12H,3,5,7,9H2,1H3,(H,27,28). The summed E-state index contributed by atoms with van der Waals surface area (Å²) < 4.78 is 0. The number of nitrogens with one attached hydrogen (secondary N) is 1. The normalized spacial score (nSPS) is 13.1. The molecular weight excluding hydrogens is 410 g/mol. The third kappa shape index (κ3) is 3.30. The zero-order valence-electron chi connectivity index (χ0n) is 16.5. The number of carbonyl (C=O) groups is 1. The van der Waals surface area contributed by atoms with Crippen LogP contribution in [0.1, 0.15) is 44.1 Å². The van der Waals surface area contributed by atoms with E-state index < -0.39 is 0 Å². The van der Waals surface area contributed by atoms with E-state index in [0.717, 1.165) is 52.7 Å². The molecule has 3 aromatic heterocycles. The van der Waals surface area contributed by atoms with Crippen LogP contribution in [0.3, 0.4) is 0 Å². The smallest absolute Gasteiger partial charge is 0.257 e. The summed E-state index contributed by atoms with van der Waals surface area (Å²) in [5.74, 6) is -0.196. The Morgan fingerprint density at radius 2 is 1.97 bits per heavy atom. The van der Waals surface area contributed by atoms with Crippen LogP contribution in [0.25, 0.3) is 21.5 Å². The number of anilines is 1. The Morgan fingerprint density at radius 3 is 2.77 bits per heavy atom. The SMILES string of the molecule is Cc1ccc(-c2cc(C(=O)Nc3sc4c(c3C#N)CCCC4)c3ccccc3n2)s1. The van der Waals surface area contributed by atoms with Crippen LogP contribution in [-0.2, 0) is 12.8 Å². The van der Waals surface area contributed by atoms with Gasteiger partial charge in [-0.2, -0.15) is 5.26 Å². The van der Waals surface area contributed by atoms with Crippen LogP contribution >= 0.6 is 22.7 Å². The number of rotatable bonds is 3. The third-order valence-corrected chi connectivity index (χ3v) is 7.69. The fourth-order valence-corrected chi connectivity index (χ4v) is 6.07. The molecule has 1 N–H and O–H groups in total. The summed E-state index contributed by atoms with van der Waals surface area (Å²) in [5.41, 5.74) is 3.92. The first-order valence-electron chi connectivity index (χ1n) is 9.96. The van der Waals surface area contributed by atoms with E-state index in [2.05, 4.69) is 24.4 Å². The Morgan fingerprint density at radius 1 is 1.13 bits per heavy atom. The Hall–Kier alpha value is -3.01. The van der Waals surface area contributed by atoms with Crippen LogP contribution in [0, 0.1) is 18.3 Å². The number of pyridine rings is 1. The molecular formula is C24H19N3OS2. The van der Waals surface area contributed by atoms with Crippen LogP contribution in [0.4, 0.5) is 5.00 Å². The molecule has 5 rings (SSSR count). The van der Waals surface area contributed by atoms with Crippen molar-refractivity contribution >= 4 is 44.5 Å². The van der Waals surface area contributed by atoms with Crippen molar-refractivity contribution in [2.45, 2.75) is 32.6 Å². The topological polar surface area (TPSA) is 65.8 Å². The van der Waals surface area contributed by atoms with Crippen molar-refractivity contribution in [3.05, 3.63) is 68.9 Å². The fourth-order valence-electron chi connectivity index (χ4n) is 4.00. The van der Waals surface area contributed by atoms with Crippen molar-refractivity contribution in [2.24, 2.45) is 0 Å². The minimum absolute atomic E-state index is 0.196. The summed E-state index contributed by atoms with van der Waals surface area (Å²) in [6.45, 7) is 2.06. The van der Waals surface area contributed by atoms with Gasteiger partial charge in [0.05, 0.1) is 27.2 Å². The van der Waals surface area contributed by atoms with Crippen LogP contribution < -0.4 is 5.32 Å². The van der Waals surface area contributed by atoms with Crippen LogP contribution in [0.15, 0.2) is 42.5 Å². The van der Waals surface area contributed by atoms with Gasteiger partial charge in [0.25, 0.3) is 5.91 Å². The van der Waals surface area contributed by atoms with E-state index in [-0.39, 0.29) is 5.91 Å². The maximum atomic E-state index is 13.4. The van der Waals surface area contributed by atoms with Crippen LogP contribution in [0.5, 0.6) is 0 Å². The van der Waals surface area contributed by atoms with Crippen molar-refractivity contribution in [1.82, 2.24) is 4.98 Å². The zero-order chi connectivity index (χ0) is 20.7. The minimum Gasteiger partial charge on any atom is -0.312 e. The number of hydrogen-bond acceptors (Lipinski definition) is 5. The predicted molar refractivity (Wildman–Crippen MR) is 123 cm³/mol. The van der Waals surface area contributed by atoms with Crippen molar-refractivity contribution in [1.29, 1.82) is 5.26 Å². The number of aromatic nitrogens is 1. The molecule has 1 aliphatic rings. The molecule has 30 heavy (non-hydrogen) atoms. The molecule has 0 aliphatic heterocycles. The lowest BCUT2D eigenvalue weighted by atomic mass is 9.96. The number of para-hydroxylation sites is 1. The van der Waals surface area contributed by atoms with E-state index in [1.54, 1.807) is 22.7 Å². The molecule has 0 radical (unpaired) electrons. The predicted octanol–water partition coefficient (Wildman–Crippen LogP) is 6.34. The molecule has 0 spiro atoms. The highest BCUT2D eigenvalue weighted by atomic mass is 32.1. The summed E-state index contributed by atoms with van der Waals surface area (Å²) >= 11 is 3.21. The number of amides is 1. The average molecular weight is 430 g/mol. The second-order valence-electron chi connectivity index (χ2n) is 7.46. The second-order valence-corrected chi connectivity index (χ2v) is 9.86. The van der Waals surface area contributed by atoms with Crippen LogP contribution in [0.2, 0.25) is 0 Å². The number of hydrogen-bond donors (Lipinski definition) is 1. The largest absolute Gasteiger partial charge is 0.312 e. The second kappa shape index (κ2) is 7.67. The Labute approximate surface area is 182 Å². The summed E-state index contributed by atoms with van der Waals surface area (Å²) in [7, 11) is 0. The van der Waals surface area contributed by atoms with Gasteiger partial charge in [0.2, 0.25) is 0 Å². The molecule has 0 unspecified atom stereocenters. The van der Waals surface area contributed by atoms with E-state index in [1.165, 1.54) is 9.75 Å². The molecule has 0 saturated heterocycles. The molecule has 6 heteroatoms. The number of nitrogens with zero attached hydrogens (tertiary/aromatic N) is 2. The van der Waals surface area contributed by atoms with Crippen molar-refractivity contribution < 1.29 is 4.79 Å². The first kappa shape index (κ1) is 19.0. The van der Waals surface area contributed by atoms with E-state index in [4.69, 9.17) is 4.98 Å². The molecule has 148 valence electrons. The van der Waals surface area contributed by atoms with Gasteiger partial charge in [-0.15, -0.1) is 22.7 Å². The summed E-state index contributed by atoms with van der Waals surface area (Å²) in [4.78, 5) is 21.6. The molecule has 0 saturated carbocycles. The van der Waals surface area contributed by atoms with Gasteiger partial charge >= 0.3 is 0 Å². The number of aryl methyl sites for hydroxylation is 2. The zero-order valence-corrected chi connectivity index (χ0v) is 18.1. The maximum absolute atomic E-state index is 13.4. The molecule has 1 amide bonds. The van der Waals surface area contributed by atoms with Crippen LogP contribution in [-0.4, -0.2) is 10.9 Å². The van der Waals surface area contributed by atoms with E-state index in [0.29, 0.717) is 16.1 Å². The Balaban J connectivity index is 1.58. The number of benzene rings is 1. The van der Waals surface area contributed by atoms with Crippen molar-refractivity contribution in [3.63, 3.8) is 0 Å². The number of fused-ring (bicyclic) bond motifs is 2. The Bertz CT molecular complexity index is 1330. The van der Waals surface area contributed by atoms with Gasteiger partial charge in [0.1, 0.15) is 11.1 Å². The van der Waals surface area contributed by atoms with Gasteiger partial charge in [-0.3, -0.25) is 4.79 Å². The number of nitriles is 1. The number of carbonyl (C=O) groups excluding carboxylic acids is 1. The number of thiophene rings is 2. The van der Waals surface area contributed by atoms with E-state index in [9.17, 15) is 10.1 Å². The van der Waals surface area contributed by atoms with Gasteiger partial charge in [-0.1, -0.05) is 18.2 Å². The van der Waals surface area contributed by atoms with Gasteiger partial charge < -0.3 is 5.32 Å². The molecule has 4 aromatic rings. The molecule has 0 bridgehead atoms. The monoisotopic (exact) mass is 429 g/mol. The Kier molecular flexibility index (Phi) is 4.86. The third-order valence-electron chi connectivity index (χ3n) is 5.46. The summed E-state index contributed by atoms with van der Waals surface area (Å²) in [5, 5.41) is 14.2. The molecule has 3 heterocycles. The quantitative estimate of drug-likeness (QED) is 0.413. The lowest BCUT2D eigenvalue weighted by molar-refractivity contribution is 0.102. The highest BCUT2D eigenvalue weighted by Gasteiger charge is 2.23. The summed E-state index contributed by atoms with van der Waals surface area (Å²) in [6, 6.07) is 16.0. The van der Waals surface area contributed by atoms with E-state index in [1.807, 2.05) is 36.4 Å². The van der Waals surface area contributed by atoms with Crippen molar-refractivity contribution in [3.8, 4) is 16.6 Å². The van der Waals surface area contributed by atoms with Gasteiger partial charge in [0, 0.05) is 15.1 Å². The molecule has 0 atom stereocenters. The summed E-state index contributed by atoms with van der Waals surface area (Å²) in [6.07, 6.45) is 4.16. The van der Waals surface area contributed by atoms with Crippen molar-refractivity contribution in [2.75, 3.05) is 5.32 Å². The highest BCUT2D eigenvalue weighted by Crippen LogP contribution is 2.38. The fraction of sp³-hybridized carbons (Fsp3) is 0.208. The van der Waals surface area contributed by atoms with E-state index >= 15 is 0 Å². The first-order chi connectivity index (χ1) is 14.6. The highest BCUT2D eigenvalue weighted by molar-refractivity contribution is 7.16. The van der Waals surface area contributed by atoms with Gasteiger partial charge in [0.15, 0.2) is 0 Å². The van der Waals surface area contributed by atoms with Gasteiger partial charge in [-0.05, 0) is 62.4 Å². The molecule has 1 aromatic carbocycles. The minimum atomic E-state index is -0.196. The average Bonchev–Trinajstić information content (AvgIpc) is 3.35. The lowest BCUT2D eigenvalue weighted by Gasteiger charge is -2.10. The maximum Gasteiger partial charge on any atom is 0.257 e.